The molecule has 3 rings (SSSR count). The quantitative estimate of drug-likeness (QED) is 0.749. The number of nitrogens with zero attached hydrogens (tertiary/aromatic N) is 3. The minimum Gasteiger partial charge on any atom is -0.481 e. The molecular formula is C13H11ClN4OS. The van der Waals surface area contributed by atoms with Gasteiger partial charge in [0.05, 0.1) is 12.5 Å². The third-order valence-corrected chi connectivity index (χ3v) is 3.74. The molecule has 3 aromatic heterocycles. The number of fused-ring (bicyclic) bond motifs is 1. The van der Waals surface area contributed by atoms with Crippen LogP contribution >= 0.6 is 22.9 Å². The average molecular weight is 307 g/mol. The Balaban J connectivity index is 1.84. The second-order valence-electron chi connectivity index (χ2n) is 4.04. The van der Waals surface area contributed by atoms with Gasteiger partial charge in [-0.25, -0.2) is 15.0 Å². The summed E-state index contributed by atoms with van der Waals surface area (Å²) in [7, 11) is 1.60. The maximum absolute atomic E-state index is 5.92. The number of ether oxygens (including phenoxy) is 1. The number of aromatic nitrogens is 3. The summed E-state index contributed by atoms with van der Waals surface area (Å²) in [5, 5.41) is 6.46. The first-order chi connectivity index (χ1) is 9.76. The number of halogens is 1. The number of hydrogen-bond acceptors (Lipinski definition) is 6. The van der Waals surface area contributed by atoms with Gasteiger partial charge in [0, 0.05) is 18.8 Å². The van der Waals surface area contributed by atoms with Crippen LogP contribution in [0.5, 0.6) is 5.88 Å². The summed E-state index contributed by atoms with van der Waals surface area (Å²) >= 11 is 7.46. The molecule has 0 saturated carbocycles. The van der Waals surface area contributed by atoms with Crippen molar-refractivity contribution in [3.8, 4) is 5.88 Å². The van der Waals surface area contributed by atoms with Gasteiger partial charge in [0.25, 0.3) is 0 Å². The van der Waals surface area contributed by atoms with E-state index in [1.807, 2.05) is 23.6 Å². The van der Waals surface area contributed by atoms with Crippen molar-refractivity contribution in [2.75, 3.05) is 12.4 Å². The fourth-order valence-electron chi connectivity index (χ4n) is 1.82. The van der Waals surface area contributed by atoms with Crippen LogP contribution in [0.2, 0.25) is 5.28 Å². The third kappa shape index (κ3) is 2.66. The van der Waals surface area contributed by atoms with Gasteiger partial charge >= 0.3 is 0 Å². The molecule has 0 spiro atoms. The Morgan fingerprint density at radius 3 is 3.10 bits per heavy atom. The number of anilines is 1. The van der Waals surface area contributed by atoms with Crippen LogP contribution in [0.25, 0.3) is 10.2 Å². The molecule has 0 amide bonds. The van der Waals surface area contributed by atoms with Crippen molar-refractivity contribution in [1.82, 2.24) is 15.0 Å². The fraction of sp³-hybridized carbons (Fsp3) is 0.154. The molecule has 0 radical (unpaired) electrons. The first kappa shape index (κ1) is 13.1. The fourth-order valence-corrected chi connectivity index (χ4v) is 2.80. The molecule has 3 aromatic rings. The Hall–Kier alpha value is -1.92. The second-order valence-corrected chi connectivity index (χ2v) is 5.27. The Morgan fingerprint density at radius 1 is 1.35 bits per heavy atom. The van der Waals surface area contributed by atoms with Crippen LogP contribution in [0.3, 0.4) is 0 Å². The minimum atomic E-state index is 0.245. The molecule has 0 aliphatic heterocycles. The van der Waals surface area contributed by atoms with Crippen molar-refractivity contribution in [2.24, 2.45) is 0 Å². The monoisotopic (exact) mass is 306 g/mol. The first-order valence-electron chi connectivity index (χ1n) is 5.90. The van der Waals surface area contributed by atoms with E-state index in [9.17, 15) is 0 Å². The van der Waals surface area contributed by atoms with Crippen molar-refractivity contribution in [3.63, 3.8) is 0 Å². The van der Waals surface area contributed by atoms with E-state index < -0.39 is 0 Å². The standard InChI is InChI=1S/C13H11ClN4OS/c1-19-10-6-8(2-4-15-10)7-16-11-9-3-5-20-12(9)18-13(14)17-11/h2-6H,7H2,1H3,(H,16,17,18). The lowest BCUT2D eigenvalue weighted by atomic mass is 10.2. The molecule has 0 saturated heterocycles. The van der Waals surface area contributed by atoms with Crippen molar-refractivity contribution in [1.29, 1.82) is 0 Å². The zero-order valence-corrected chi connectivity index (χ0v) is 12.2. The van der Waals surface area contributed by atoms with Crippen LogP contribution in [-0.2, 0) is 6.54 Å². The van der Waals surface area contributed by atoms with Crippen LogP contribution in [-0.4, -0.2) is 22.1 Å². The van der Waals surface area contributed by atoms with E-state index in [4.69, 9.17) is 16.3 Å². The third-order valence-electron chi connectivity index (χ3n) is 2.77. The van der Waals surface area contributed by atoms with E-state index in [0.717, 1.165) is 21.6 Å². The predicted octanol–water partition coefficient (Wildman–Crippen LogP) is 3.36. The van der Waals surface area contributed by atoms with Gasteiger partial charge < -0.3 is 10.1 Å². The summed E-state index contributed by atoms with van der Waals surface area (Å²) in [6.07, 6.45) is 1.71. The van der Waals surface area contributed by atoms with Gasteiger partial charge in [0.1, 0.15) is 10.6 Å². The summed E-state index contributed by atoms with van der Waals surface area (Å²) in [5.41, 5.74) is 1.05. The van der Waals surface area contributed by atoms with E-state index in [2.05, 4.69) is 20.3 Å². The number of hydrogen-bond donors (Lipinski definition) is 1. The molecule has 0 unspecified atom stereocenters. The molecule has 7 heteroatoms. The highest BCUT2D eigenvalue weighted by molar-refractivity contribution is 7.16. The molecule has 0 fully saturated rings. The minimum absolute atomic E-state index is 0.245. The summed E-state index contributed by atoms with van der Waals surface area (Å²) in [5.74, 6) is 1.32. The Kier molecular flexibility index (Phi) is 3.66. The lowest BCUT2D eigenvalue weighted by Crippen LogP contribution is -2.03. The van der Waals surface area contributed by atoms with Crippen molar-refractivity contribution < 1.29 is 4.74 Å². The SMILES string of the molecule is COc1cc(CNc2nc(Cl)nc3sccc23)ccn1. The van der Waals surface area contributed by atoms with Crippen molar-refractivity contribution in [2.45, 2.75) is 6.54 Å². The van der Waals surface area contributed by atoms with Gasteiger partial charge in [0.2, 0.25) is 11.2 Å². The molecule has 0 aliphatic carbocycles. The van der Waals surface area contributed by atoms with E-state index in [-0.39, 0.29) is 5.28 Å². The molecule has 20 heavy (non-hydrogen) atoms. The Morgan fingerprint density at radius 2 is 2.25 bits per heavy atom. The number of thiophene rings is 1. The maximum atomic E-state index is 5.92. The van der Waals surface area contributed by atoms with E-state index >= 15 is 0 Å². The second kappa shape index (κ2) is 5.60. The highest BCUT2D eigenvalue weighted by Crippen LogP contribution is 2.26. The zero-order chi connectivity index (χ0) is 13.9. The largest absolute Gasteiger partial charge is 0.481 e. The maximum Gasteiger partial charge on any atom is 0.225 e. The average Bonchev–Trinajstić information content (AvgIpc) is 2.93. The van der Waals surface area contributed by atoms with E-state index in [1.165, 1.54) is 11.3 Å². The normalized spacial score (nSPS) is 10.7. The summed E-state index contributed by atoms with van der Waals surface area (Å²) in [6.45, 7) is 0.608. The highest BCUT2D eigenvalue weighted by atomic mass is 35.5. The van der Waals surface area contributed by atoms with Crippen molar-refractivity contribution >= 4 is 39.0 Å². The Labute approximate surface area is 124 Å². The number of rotatable bonds is 4. The summed E-state index contributed by atoms with van der Waals surface area (Å²) < 4.78 is 5.10. The number of pyridine rings is 1. The topological polar surface area (TPSA) is 59.9 Å². The highest BCUT2D eigenvalue weighted by Gasteiger charge is 2.07. The molecule has 3 heterocycles. The summed E-state index contributed by atoms with van der Waals surface area (Å²) in [4.78, 5) is 13.4. The number of methoxy groups -OCH3 is 1. The zero-order valence-electron chi connectivity index (χ0n) is 10.6. The van der Waals surface area contributed by atoms with Crippen LogP contribution in [0.15, 0.2) is 29.8 Å². The van der Waals surface area contributed by atoms with E-state index in [1.54, 1.807) is 13.3 Å². The van der Waals surface area contributed by atoms with Gasteiger partial charge in [-0.15, -0.1) is 11.3 Å². The van der Waals surface area contributed by atoms with Crippen LogP contribution < -0.4 is 10.1 Å². The summed E-state index contributed by atoms with van der Waals surface area (Å²) in [6, 6.07) is 5.77. The lowest BCUT2D eigenvalue weighted by molar-refractivity contribution is 0.397. The molecule has 5 nitrogen and oxygen atoms in total. The van der Waals surface area contributed by atoms with Gasteiger partial charge in [-0.3, -0.25) is 0 Å². The van der Waals surface area contributed by atoms with Crippen molar-refractivity contribution in [3.05, 3.63) is 40.6 Å². The molecule has 0 aromatic carbocycles. The van der Waals surface area contributed by atoms with Crippen LogP contribution in [0, 0.1) is 0 Å². The molecule has 0 bridgehead atoms. The molecular weight excluding hydrogens is 296 g/mol. The van der Waals surface area contributed by atoms with Gasteiger partial charge in [-0.05, 0) is 34.7 Å². The lowest BCUT2D eigenvalue weighted by Gasteiger charge is -2.08. The van der Waals surface area contributed by atoms with Crippen LogP contribution in [0.1, 0.15) is 5.56 Å². The van der Waals surface area contributed by atoms with Gasteiger partial charge in [0.15, 0.2) is 0 Å². The van der Waals surface area contributed by atoms with E-state index in [0.29, 0.717) is 12.4 Å². The number of nitrogens with one attached hydrogen (secondary N) is 1. The predicted molar refractivity (Wildman–Crippen MR) is 80.5 cm³/mol. The molecule has 0 aliphatic rings. The Bertz CT molecular complexity index is 746. The van der Waals surface area contributed by atoms with Crippen LogP contribution in [0.4, 0.5) is 5.82 Å². The molecule has 102 valence electrons. The first-order valence-corrected chi connectivity index (χ1v) is 7.15. The van der Waals surface area contributed by atoms with Gasteiger partial charge in [-0.1, -0.05) is 0 Å². The van der Waals surface area contributed by atoms with Gasteiger partial charge in [-0.2, -0.15) is 0 Å². The smallest absolute Gasteiger partial charge is 0.225 e. The molecule has 0 atom stereocenters. The molecule has 1 N–H and O–H groups in total.